The fourth-order valence-corrected chi connectivity index (χ4v) is 5.01. The van der Waals surface area contributed by atoms with Gasteiger partial charge in [0.15, 0.2) is 0 Å². The smallest absolute Gasteiger partial charge is 0.399 e. The van der Waals surface area contributed by atoms with Crippen LogP contribution >= 0.6 is 0 Å². The zero-order chi connectivity index (χ0) is 20.0. The topological polar surface area (TPSA) is 64.6 Å². The van der Waals surface area contributed by atoms with Crippen molar-refractivity contribution in [3.63, 3.8) is 0 Å². The Bertz CT molecular complexity index is 807. The molecule has 0 atom stereocenters. The predicted molar refractivity (Wildman–Crippen MR) is 101 cm³/mol. The van der Waals surface area contributed by atoms with Crippen LogP contribution in [0.15, 0.2) is 12.1 Å². The van der Waals surface area contributed by atoms with E-state index in [2.05, 4.69) is 4.72 Å². The number of anilines is 1. The van der Waals surface area contributed by atoms with Gasteiger partial charge >= 0.3 is 7.12 Å². The van der Waals surface area contributed by atoms with Crippen molar-refractivity contribution in [2.75, 3.05) is 4.72 Å². The Morgan fingerprint density at radius 1 is 1.04 bits per heavy atom. The molecule has 1 saturated carbocycles. The summed E-state index contributed by atoms with van der Waals surface area (Å²) in [6, 6.07) is 1.83. The third-order valence-corrected chi connectivity index (χ3v) is 7.67. The molecule has 0 unspecified atom stereocenters. The van der Waals surface area contributed by atoms with E-state index in [9.17, 15) is 12.8 Å². The first-order valence-corrected chi connectivity index (χ1v) is 10.8. The predicted octanol–water partition coefficient (Wildman–Crippen LogP) is 3.34. The van der Waals surface area contributed by atoms with Crippen LogP contribution in [0.2, 0.25) is 0 Å². The summed E-state index contributed by atoms with van der Waals surface area (Å²) < 4.78 is 68.2. The molecule has 3 rings (SSSR count). The van der Waals surface area contributed by atoms with Crippen molar-refractivity contribution in [2.45, 2.75) is 76.3 Å². The second-order valence-electron chi connectivity index (χ2n) is 8.35. The van der Waals surface area contributed by atoms with Crippen molar-refractivity contribution < 1.29 is 26.5 Å². The lowest BCUT2D eigenvalue weighted by Crippen LogP contribution is -2.41. The molecule has 1 N–H and O–H groups in total. The average Bonchev–Trinajstić information content (AvgIpc) is 2.79. The van der Waals surface area contributed by atoms with Gasteiger partial charge in [0.25, 0.3) is 0 Å². The first-order valence-electron chi connectivity index (χ1n) is 9.29. The van der Waals surface area contributed by atoms with E-state index >= 15 is 4.39 Å². The van der Waals surface area contributed by atoms with E-state index in [4.69, 9.17) is 9.31 Å². The van der Waals surface area contributed by atoms with Crippen LogP contribution in [0.5, 0.6) is 0 Å². The number of halogens is 2. The lowest BCUT2D eigenvalue weighted by molar-refractivity contribution is 0.00578. The number of rotatable bonds is 4. The minimum absolute atomic E-state index is 0.157. The first kappa shape index (κ1) is 20.5. The largest absolute Gasteiger partial charge is 0.498 e. The van der Waals surface area contributed by atoms with Crippen molar-refractivity contribution in [1.82, 2.24) is 0 Å². The van der Waals surface area contributed by atoms with E-state index in [0.717, 1.165) is 31.4 Å². The molecule has 0 radical (unpaired) electrons. The van der Waals surface area contributed by atoms with E-state index in [-0.39, 0.29) is 5.46 Å². The van der Waals surface area contributed by atoms with Crippen LogP contribution in [0.4, 0.5) is 14.5 Å². The van der Waals surface area contributed by atoms with E-state index in [0.29, 0.717) is 12.8 Å². The summed E-state index contributed by atoms with van der Waals surface area (Å²) >= 11 is 0. The molecule has 0 spiro atoms. The van der Waals surface area contributed by atoms with E-state index in [1.165, 1.54) is 0 Å². The molecule has 0 aromatic heterocycles. The van der Waals surface area contributed by atoms with Crippen LogP contribution in [-0.4, -0.2) is 32.0 Å². The van der Waals surface area contributed by atoms with Gasteiger partial charge in [-0.05, 0) is 46.6 Å². The number of hydrogen-bond donors (Lipinski definition) is 1. The van der Waals surface area contributed by atoms with E-state index < -0.39 is 50.9 Å². The van der Waals surface area contributed by atoms with Gasteiger partial charge in [-0.3, -0.25) is 4.72 Å². The highest BCUT2D eigenvalue weighted by atomic mass is 32.2. The number of sulfonamides is 1. The van der Waals surface area contributed by atoms with Crippen LogP contribution in [0.3, 0.4) is 0 Å². The van der Waals surface area contributed by atoms with Crippen LogP contribution in [0.25, 0.3) is 0 Å². The first-order chi connectivity index (χ1) is 12.4. The Labute approximate surface area is 160 Å². The maximum absolute atomic E-state index is 15.1. The monoisotopic (exact) mass is 401 g/mol. The molecule has 1 aliphatic carbocycles. The molecule has 1 saturated heterocycles. The standard InChI is InChI=1S/C18H26BF2NO4S/c1-17(2)18(3,4)26-19(25-17)14-10-12(20)11-15(16(14)21)22-27(23,24)13-8-6-5-7-9-13/h10-11,13,22H,5-9H2,1-4H3. The summed E-state index contributed by atoms with van der Waals surface area (Å²) in [5, 5.41) is -0.589. The summed E-state index contributed by atoms with van der Waals surface area (Å²) in [5.74, 6) is -1.64. The van der Waals surface area contributed by atoms with E-state index in [1.807, 2.05) is 0 Å². The molecule has 1 heterocycles. The van der Waals surface area contributed by atoms with Gasteiger partial charge in [0.05, 0.1) is 22.1 Å². The van der Waals surface area contributed by atoms with Crippen LogP contribution in [0, 0.1) is 11.6 Å². The van der Waals surface area contributed by atoms with Crippen molar-refractivity contribution in [3.05, 3.63) is 23.8 Å². The highest BCUT2D eigenvalue weighted by Gasteiger charge is 2.52. The molecule has 1 aromatic carbocycles. The quantitative estimate of drug-likeness (QED) is 0.787. The van der Waals surface area contributed by atoms with Crippen LogP contribution in [-0.2, 0) is 19.3 Å². The molecule has 2 aliphatic rings. The molecule has 5 nitrogen and oxygen atoms in total. The maximum atomic E-state index is 15.1. The van der Waals surface area contributed by atoms with Crippen molar-refractivity contribution in [3.8, 4) is 0 Å². The fourth-order valence-electron chi connectivity index (χ4n) is 3.44. The van der Waals surface area contributed by atoms with Gasteiger partial charge < -0.3 is 9.31 Å². The molecule has 0 bridgehead atoms. The van der Waals surface area contributed by atoms with Gasteiger partial charge in [-0.25, -0.2) is 17.2 Å². The summed E-state index contributed by atoms with van der Waals surface area (Å²) in [7, 11) is -4.92. The molecule has 0 amide bonds. The van der Waals surface area contributed by atoms with Crippen molar-refractivity contribution in [1.29, 1.82) is 0 Å². The Hall–Kier alpha value is -1.19. The zero-order valence-corrected chi connectivity index (χ0v) is 17.0. The molecule has 1 aromatic rings. The summed E-state index contributed by atoms with van der Waals surface area (Å²) in [6.45, 7) is 7.21. The minimum Gasteiger partial charge on any atom is -0.399 e. The molecule has 27 heavy (non-hydrogen) atoms. The molecule has 1 aliphatic heterocycles. The lowest BCUT2D eigenvalue weighted by atomic mass is 9.78. The zero-order valence-electron chi connectivity index (χ0n) is 16.1. The van der Waals surface area contributed by atoms with Gasteiger partial charge in [-0.1, -0.05) is 19.3 Å². The maximum Gasteiger partial charge on any atom is 0.498 e. The van der Waals surface area contributed by atoms with Crippen LogP contribution in [0.1, 0.15) is 59.8 Å². The number of benzene rings is 1. The summed E-state index contributed by atoms with van der Waals surface area (Å²) in [6.07, 6.45) is 3.67. The Balaban J connectivity index is 1.90. The SMILES string of the molecule is CC1(C)OB(c2cc(F)cc(NS(=O)(=O)C3CCCCC3)c2F)OC1(C)C. The molecule has 2 fully saturated rings. The Morgan fingerprint density at radius 3 is 2.15 bits per heavy atom. The van der Waals surface area contributed by atoms with Gasteiger partial charge in [0.2, 0.25) is 10.0 Å². The lowest BCUT2D eigenvalue weighted by Gasteiger charge is -2.32. The highest BCUT2D eigenvalue weighted by Crippen LogP contribution is 2.37. The highest BCUT2D eigenvalue weighted by molar-refractivity contribution is 7.93. The summed E-state index contributed by atoms with van der Waals surface area (Å²) in [5.41, 5.74) is -2.02. The van der Waals surface area contributed by atoms with Crippen molar-refractivity contribution >= 4 is 28.3 Å². The fraction of sp³-hybridized carbons (Fsp3) is 0.667. The van der Waals surface area contributed by atoms with Crippen molar-refractivity contribution in [2.24, 2.45) is 0 Å². The number of hydrogen-bond acceptors (Lipinski definition) is 4. The molecular formula is C18H26BF2NO4S. The second kappa shape index (κ2) is 7.01. The van der Waals surface area contributed by atoms with Gasteiger partial charge in [0.1, 0.15) is 11.6 Å². The normalized spacial score (nSPS) is 22.8. The average molecular weight is 401 g/mol. The molecular weight excluding hydrogens is 375 g/mol. The van der Waals surface area contributed by atoms with Gasteiger partial charge in [-0.2, -0.15) is 0 Å². The third kappa shape index (κ3) is 4.00. The molecule has 150 valence electrons. The Kier molecular flexibility index (Phi) is 5.33. The van der Waals surface area contributed by atoms with Gasteiger partial charge in [-0.15, -0.1) is 0 Å². The minimum atomic E-state index is -3.80. The third-order valence-electron chi connectivity index (χ3n) is 5.82. The summed E-state index contributed by atoms with van der Waals surface area (Å²) in [4.78, 5) is 0. The van der Waals surface area contributed by atoms with Crippen LogP contribution < -0.4 is 10.2 Å². The van der Waals surface area contributed by atoms with Gasteiger partial charge in [0, 0.05) is 11.5 Å². The molecule has 9 heteroatoms. The Morgan fingerprint density at radius 2 is 1.59 bits per heavy atom. The second-order valence-corrected chi connectivity index (χ2v) is 10.3. The number of nitrogens with one attached hydrogen (secondary N) is 1. The van der Waals surface area contributed by atoms with E-state index in [1.54, 1.807) is 27.7 Å².